The zero-order valence-corrected chi connectivity index (χ0v) is 22.2. The van der Waals surface area contributed by atoms with Crippen molar-refractivity contribution in [2.75, 3.05) is 12.4 Å². The molecule has 0 aromatic rings. The van der Waals surface area contributed by atoms with Gasteiger partial charge in [0.05, 0.1) is 0 Å². The number of hydrogen-bond acceptors (Lipinski definition) is 7. The van der Waals surface area contributed by atoms with Crippen LogP contribution in [0.5, 0.6) is 0 Å². The lowest BCUT2D eigenvalue weighted by atomic mass is 9.53. The summed E-state index contributed by atoms with van der Waals surface area (Å²) in [6.45, 7) is 7.44. The topological polar surface area (TPSA) is 132 Å². The van der Waals surface area contributed by atoms with Crippen LogP contribution in [-0.4, -0.2) is 48.6 Å². The first kappa shape index (κ1) is 28.0. The Balaban J connectivity index is 1.68. The van der Waals surface area contributed by atoms with Gasteiger partial charge in [-0.05, 0) is 68.1 Å². The third-order valence-corrected chi connectivity index (χ3v) is 10.3. The minimum Gasteiger partial charge on any atom is -0.464 e. The molecule has 9 heteroatoms. The number of carbonyl (C=O) groups excluding carboxylic acids is 4. The molecule has 0 aliphatic heterocycles. The average molecular weight is 513 g/mol. The fourth-order valence-corrected chi connectivity index (χ4v) is 7.64. The SMILES string of the molecule is CC(=O)[C@]1(C)[C@@H]([C@H](C)CCC(=O)OCCS(=O)(=O)O)CC[C@H]1[C@H]1C[C@@]2(C)CCC(=O)C[C@H]2CC1=O. The van der Waals surface area contributed by atoms with E-state index < -0.39 is 33.9 Å². The van der Waals surface area contributed by atoms with Gasteiger partial charge < -0.3 is 4.74 Å². The minimum atomic E-state index is -4.18. The molecule has 3 fully saturated rings. The van der Waals surface area contributed by atoms with E-state index in [1.54, 1.807) is 6.92 Å². The molecule has 3 aliphatic rings. The van der Waals surface area contributed by atoms with Crippen LogP contribution in [0.4, 0.5) is 0 Å². The molecule has 0 aromatic carbocycles. The molecule has 3 saturated carbocycles. The molecule has 0 spiro atoms. The van der Waals surface area contributed by atoms with Crippen LogP contribution < -0.4 is 0 Å². The average Bonchev–Trinajstić information content (AvgIpc) is 3.10. The molecule has 0 unspecified atom stereocenters. The van der Waals surface area contributed by atoms with Gasteiger partial charge in [-0.25, -0.2) is 0 Å². The van der Waals surface area contributed by atoms with Crippen molar-refractivity contribution in [2.45, 2.75) is 85.5 Å². The summed E-state index contributed by atoms with van der Waals surface area (Å²) < 4.78 is 35.2. The highest BCUT2D eigenvalue weighted by molar-refractivity contribution is 7.85. The minimum absolute atomic E-state index is 0.0295. The van der Waals surface area contributed by atoms with Gasteiger partial charge in [0.1, 0.15) is 29.7 Å². The molecule has 1 N–H and O–H groups in total. The number of carbonyl (C=O) groups is 4. The van der Waals surface area contributed by atoms with Crippen LogP contribution >= 0.6 is 0 Å². The van der Waals surface area contributed by atoms with E-state index in [1.807, 2.05) is 13.8 Å². The first-order chi connectivity index (χ1) is 16.2. The monoisotopic (exact) mass is 512 g/mol. The smallest absolute Gasteiger partial charge is 0.305 e. The number of Topliss-reactive ketones (excluding diaryl/α,β-unsaturated/α-hetero) is 3. The molecule has 0 bridgehead atoms. The number of esters is 1. The summed E-state index contributed by atoms with van der Waals surface area (Å²) in [7, 11) is -4.18. The first-order valence-corrected chi connectivity index (χ1v) is 14.4. The summed E-state index contributed by atoms with van der Waals surface area (Å²) in [6.07, 6.45) is 5.21. The lowest BCUT2D eigenvalue weighted by Gasteiger charge is -2.50. The van der Waals surface area contributed by atoms with Crippen LogP contribution in [0.2, 0.25) is 0 Å². The largest absolute Gasteiger partial charge is 0.464 e. The summed E-state index contributed by atoms with van der Waals surface area (Å²) in [6, 6.07) is 0. The van der Waals surface area contributed by atoms with Crippen molar-refractivity contribution in [3.05, 3.63) is 0 Å². The predicted octanol–water partition coefficient (Wildman–Crippen LogP) is 3.81. The third-order valence-electron chi connectivity index (χ3n) is 9.65. The van der Waals surface area contributed by atoms with Crippen LogP contribution in [0.3, 0.4) is 0 Å². The van der Waals surface area contributed by atoms with E-state index >= 15 is 0 Å². The molecule has 3 rings (SSSR count). The standard InChI is InChI=1S/C26H40O8S/c1-16(5-8-24(30)34-11-12-35(31,32)33)21-6-7-22(26(21,4)17(2)27)20-15-25(3)10-9-19(28)13-18(25)14-23(20)29/h16,18,20-22H,5-15H2,1-4H3,(H,31,32,33)/t16-,18+,20-,21-,22+,25-,26-/m1/s1. The Hall–Kier alpha value is -1.61. The van der Waals surface area contributed by atoms with E-state index in [4.69, 9.17) is 9.29 Å². The maximum Gasteiger partial charge on any atom is 0.305 e. The van der Waals surface area contributed by atoms with Crippen molar-refractivity contribution < 1.29 is 36.9 Å². The summed E-state index contributed by atoms with van der Waals surface area (Å²) >= 11 is 0. The molecular formula is C26H40O8S. The molecule has 7 atom stereocenters. The molecule has 35 heavy (non-hydrogen) atoms. The van der Waals surface area contributed by atoms with Crippen molar-refractivity contribution in [3.8, 4) is 0 Å². The van der Waals surface area contributed by atoms with Crippen molar-refractivity contribution in [1.82, 2.24) is 0 Å². The molecule has 0 radical (unpaired) electrons. The van der Waals surface area contributed by atoms with E-state index in [9.17, 15) is 27.6 Å². The number of ether oxygens (including phenoxy) is 1. The number of hydrogen-bond donors (Lipinski definition) is 1. The highest BCUT2D eigenvalue weighted by Crippen LogP contribution is 2.60. The lowest BCUT2D eigenvalue weighted by molar-refractivity contribution is -0.144. The second-order valence-electron chi connectivity index (χ2n) is 11.7. The second-order valence-corrected chi connectivity index (χ2v) is 13.3. The molecular weight excluding hydrogens is 472 g/mol. The highest BCUT2D eigenvalue weighted by atomic mass is 32.2. The van der Waals surface area contributed by atoms with Crippen LogP contribution in [-0.2, 0) is 34.0 Å². The van der Waals surface area contributed by atoms with Crippen molar-refractivity contribution in [2.24, 2.45) is 40.4 Å². The quantitative estimate of drug-likeness (QED) is 0.364. The van der Waals surface area contributed by atoms with Gasteiger partial charge in [-0.3, -0.25) is 23.7 Å². The van der Waals surface area contributed by atoms with Crippen LogP contribution in [0.1, 0.15) is 85.5 Å². The zero-order chi connectivity index (χ0) is 26.2. The Bertz CT molecular complexity index is 972. The fourth-order valence-electron chi connectivity index (χ4n) is 7.35. The van der Waals surface area contributed by atoms with Crippen molar-refractivity contribution in [1.29, 1.82) is 0 Å². The Morgan fingerprint density at radius 3 is 2.49 bits per heavy atom. The molecule has 0 amide bonds. The number of fused-ring (bicyclic) bond motifs is 1. The van der Waals surface area contributed by atoms with Crippen molar-refractivity contribution in [3.63, 3.8) is 0 Å². The molecule has 0 aromatic heterocycles. The number of rotatable bonds is 9. The summed E-state index contributed by atoms with van der Waals surface area (Å²) in [5.41, 5.74) is -0.706. The maximum atomic E-state index is 13.3. The molecule has 8 nitrogen and oxygen atoms in total. The van der Waals surface area contributed by atoms with Crippen molar-refractivity contribution >= 4 is 33.4 Å². The van der Waals surface area contributed by atoms with E-state index in [0.29, 0.717) is 25.7 Å². The van der Waals surface area contributed by atoms with Gasteiger partial charge in [-0.2, -0.15) is 8.42 Å². The van der Waals surface area contributed by atoms with E-state index in [-0.39, 0.29) is 58.8 Å². The van der Waals surface area contributed by atoms with Crippen LogP contribution in [0.15, 0.2) is 0 Å². The molecule has 0 saturated heterocycles. The maximum absolute atomic E-state index is 13.3. The van der Waals surface area contributed by atoms with Gasteiger partial charge in [0.25, 0.3) is 10.1 Å². The first-order valence-electron chi connectivity index (χ1n) is 12.8. The van der Waals surface area contributed by atoms with E-state index in [0.717, 1.165) is 25.7 Å². The van der Waals surface area contributed by atoms with Gasteiger partial charge in [0, 0.05) is 37.0 Å². The van der Waals surface area contributed by atoms with Gasteiger partial charge in [0.15, 0.2) is 0 Å². The Morgan fingerprint density at radius 2 is 1.86 bits per heavy atom. The van der Waals surface area contributed by atoms with E-state index in [2.05, 4.69) is 6.92 Å². The molecule has 3 aliphatic carbocycles. The fraction of sp³-hybridized carbons (Fsp3) is 0.846. The predicted molar refractivity (Wildman–Crippen MR) is 129 cm³/mol. The van der Waals surface area contributed by atoms with Crippen LogP contribution in [0.25, 0.3) is 0 Å². The lowest BCUT2D eigenvalue weighted by Crippen LogP contribution is -2.49. The van der Waals surface area contributed by atoms with E-state index in [1.165, 1.54) is 0 Å². The zero-order valence-electron chi connectivity index (χ0n) is 21.4. The Morgan fingerprint density at radius 1 is 1.17 bits per heavy atom. The van der Waals surface area contributed by atoms with Crippen LogP contribution in [0, 0.1) is 40.4 Å². The normalized spacial score (nSPS) is 36.5. The molecule has 0 heterocycles. The summed E-state index contributed by atoms with van der Waals surface area (Å²) in [5, 5.41) is 0. The third kappa shape index (κ3) is 6.04. The summed E-state index contributed by atoms with van der Waals surface area (Å²) in [4.78, 5) is 50.5. The highest BCUT2D eigenvalue weighted by Gasteiger charge is 2.58. The second kappa shape index (κ2) is 10.4. The van der Waals surface area contributed by atoms with Gasteiger partial charge in [-0.1, -0.05) is 20.8 Å². The Kier molecular flexibility index (Phi) is 8.31. The van der Waals surface area contributed by atoms with Gasteiger partial charge in [-0.15, -0.1) is 0 Å². The molecule has 198 valence electrons. The summed E-state index contributed by atoms with van der Waals surface area (Å²) in [5.74, 6) is -0.700. The Labute approximate surface area is 208 Å². The van der Waals surface area contributed by atoms with Gasteiger partial charge >= 0.3 is 5.97 Å². The van der Waals surface area contributed by atoms with Gasteiger partial charge in [0.2, 0.25) is 0 Å². The number of ketones is 3.